The molecule has 0 radical (unpaired) electrons. The molecule has 1 aromatic rings. The van der Waals surface area contributed by atoms with Gasteiger partial charge in [0.2, 0.25) is 0 Å². The molecule has 3 rings (SSSR count). The maximum Gasteiger partial charge on any atom is 0.352 e. The lowest BCUT2D eigenvalue weighted by atomic mass is 9.74. The van der Waals surface area contributed by atoms with Crippen LogP contribution in [0.1, 0.15) is 37.7 Å². The molecular formula is C17H20F3NO3. The summed E-state index contributed by atoms with van der Waals surface area (Å²) in [4.78, 5) is 12.3. The molecule has 2 fully saturated rings. The summed E-state index contributed by atoms with van der Waals surface area (Å²) in [6, 6.07) is 5.57. The molecule has 132 valence electrons. The predicted molar refractivity (Wildman–Crippen MR) is 80.0 cm³/mol. The van der Waals surface area contributed by atoms with E-state index in [0.29, 0.717) is 12.0 Å². The minimum Gasteiger partial charge on any atom is -0.383 e. The maximum atomic E-state index is 14.4. The van der Waals surface area contributed by atoms with Gasteiger partial charge in [0.1, 0.15) is 11.4 Å². The lowest BCUT2D eigenvalue weighted by Crippen LogP contribution is -2.64. The molecule has 0 aromatic heterocycles. The molecule has 4 nitrogen and oxygen atoms in total. The van der Waals surface area contributed by atoms with Crippen LogP contribution in [-0.4, -0.2) is 35.8 Å². The summed E-state index contributed by atoms with van der Waals surface area (Å²) in [5, 5.41) is 12.3. The van der Waals surface area contributed by atoms with Crippen molar-refractivity contribution in [3.8, 4) is 0 Å². The van der Waals surface area contributed by atoms with E-state index in [0.717, 1.165) is 0 Å². The number of hydrogen-bond acceptors (Lipinski definition) is 3. The van der Waals surface area contributed by atoms with Crippen molar-refractivity contribution in [2.75, 3.05) is 13.2 Å². The fourth-order valence-electron chi connectivity index (χ4n) is 3.32. The third-order valence-corrected chi connectivity index (χ3v) is 5.13. The molecule has 24 heavy (non-hydrogen) atoms. The number of carbonyl (C=O) groups is 1. The molecule has 2 N–H and O–H groups in total. The van der Waals surface area contributed by atoms with Gasteiger partial charge in [0.15, 0.2) is 0 Å². The van der Waals surface area contributed by atoms with E-state index in [4.69, 9.17) is 4.74 Å². The highest BCUT2D eigenvalue weighted by Crippen LogP contribution is 2.45. The monoisotopic (exact) mass is 343 g/mol. The zero-order valence-electron chi connectivity index (χ0n) is 13.2. The number of benzene rings is 1. The fraction of sp³-hybridized carbons (Fsp3) is 0.588. The van der Waals surface area contributed by atoms with Crippen molar-refractivity contribution in [3.05, 3.63) is 35.6 Å². The standard InChI is InChI=1S/C17H20F3NO3/c18-13-4-1-3-12(11-13)15(7-9-24-10-8-15)21-14(22)17(19,20)16(23)5-2-6-16/h1,3-4,11,23H,2,5-10H2,(H,21,22). The van der Waals surface area contributed by atoms with Crippen LogP contribution in [0.3, 0.4) is 0 Å². The van der Waals surface area contributed by atoms with Gasteiger partial charge in [-0.1, -0.05) is 12.1 Å². The van der Waals surface area contributed by atoms with Crippen LogP contribution in [0.15, 0.2) is 24.3 Å². The van der Waals surface area contributed by atoms with E-state index in [2.05, 4.69) is 5.32 Å². The van der Waals surface area contributed by atoms with Gasteiger partial charge in [-0.25, -0.2) is 4.39 Å². The highest BCUT2D eigenvalue weighted by atomic mass is 19.3. The predicted octanol–water partition coefficient (Wildman–Crippen LogP) is 2.50. The molecule has 0 bridgehead atoms. The average Bonchev–Trinajstić information content (AvgIpc) is 2.53. The van der Waals surface area contributed by atoms with Crippen molar-refractivity contribution in [2.45, 2.75) is 49.2 Å². The number of rotatable bonds is 4. The third kappa shape index (κ3) is 2.80. The number of carbonyl (C=O) groups excluding carboxylic acids is 1. The number of halogens is 3. The first-order chi connectivity index (χ1) is 11.3. The largest absolute Gasteiger partial charge is 0.383 e. The Balaban J connectivity index is 1.89. The number of aliphatic hydroxyl groups is 1. The van der Waals surface area contributed by atoms with Gasteiger partial charge in [-0.2, -0.15) is 8.78 Å². The number of nitrogens with one attached hydrogen (secondary N) is 1. The molecule has 1 saturated carbocycles. The summed E-state index contributed by atoms with van der Waals surface area (Å²) in [5.41, 5.74) is -2.98. The highest BCUT2D eigenvalue weighted by Gasteiger charge is 2.62. The van der Waals surface area contributed by atoms with E-state index < -0.39 is 28.8 Å². The number of hydrogen-bond donors (Lipinski definition) is 2. The van der Waals surface area contributed by atoms with Gasteiger partial charge in [0.05, 0.1) is 5.54 Å². The van der Waals surface area contributed by atoms with Gasteiger partial charge in [0, 0.05) is 13.2 Å². The number of amides is 1. The molecule has 1 aliphatic heterocycles. The number of ether oxygens (including phenoxy) is 1. The normalized spacial score (nSPS) is 22.5. The van der Waals surface area contributed by atoms with Crippen molar-refractivity contribution >= 4 is 5.91 Å². The van der Waals surface area contributed by atoms with Gasteiger partial charge < -0.3 is 15.2 Å². The van der Waals surface area contributed by atoms with E-state index in [1.807, 2.05) is 0 Å². The van der Waals surface area contributed by atoms with Crippen molar-refractivity contribution in [2.24, 2.45) is 0 Å². The first-order valence-electron chi connectivity index (χ1n) is 8.06. The second-order valence-corrected chi connectivity index (χ2v) is 6.62. The Morgan fingerprint density at radius 1 is 1.21 bits per heavy atom. The molecule has 0 atom stereocenters. The van der Waals surface area contributed by atoms with Crippen LogP contribution in [0.5, 0.6) is 0 Å². The smallest absolute Gasteiger partial charge is 0.352 e. The minimum absolute atomic E-state index is 0.108. The van der Waals surface area contributed by atoms with E-state index in [1.54, 1.807) is 6.07 Å². The van der Waals surface area contributed by atoms with Gasteiger partial charge in [-0.05, 0) is 49.8 Å². The zero-order chi connectivity index (χ0) is 17.4. The van der Waals surface area contributed by atoms with E-state index >= 15 is 0 Å². The minimum atomic E-state index is -3.89. The second kappa shape index (κ2) is 6.04. The molecule has 0 unspecified atom stereocenters. The van der Waals surface area contributed by atoms with E-state index in [9.17, 15) is 23.1 Å². The Bertz CT molecular complexity index is 625. The van der Waals surface area contributed by atoms with Crippen LogP contribution in [0, 0.1) is 5.82 Å². The maximum absolute atomic E-state index is 14.4. The highest BCUT2D eigenvalue weighted by molar-refractivity contribution is 5.86. The van der Waals surface area contributed by atoms with Gasteiger partial charge in [0.25, 0.3) is 5.91 Å². The van der Waals surface area contributed by atoms with Crippen LogP contribution in [0.25, 0.3) is 0 Å². The Kier molecular flexibility index (Phi) is 4.34. The summed E-state index contributed by atoms with van der Waals surface area (Å²) >= 11 is 0. The molecule has 0 spiro atoms. The van der Waals surface area contributed by atoms with Gasteiger partial charge in [-0.3, -0.25) is 4.79 Å². The lowest BCUT2D eigenvalue weighted by molar-refractivity contribution is -0.217. The molecule has 1 aliphatic carbocycles. The summed E-state index contributed by atoms with van der Waals surface area (Å²) < 4.78 is 47.6. The molecule has 7 heteroatoms. The molecule has 1 aromatic carbocycles. The zero-order valence-corrected chi connectivity index (χ0v) is 13.2. The average molecular weight is 343 g/mol. The Labute approximate surface area is 138 Å². The van der Waals surface area contributed by atoms with Crippen LogP contribution in [0.4, 0.5) is 13.2 Å². The van der Waals surface area contributed by atoms with Crippen molar-refractivity contribution in [1.82, 2.24) is 5.32 Å². The Morgan fingerprint density at radius 3 is 2.42 bits per heavy atom. The summed E-state index contributed by atoms with van der Waals surface area (Å²) in [5.74, 6) is -5.91. The summed E-state index contributed by atoms with van der Waals surface area (Å²) in [7, 11) is 0. The third-order valence-electron chi connectivity index (χ3n) is 5.13. The van der Waals surface area contributed by atoms with Gasteiger partial charge >= 0.3 is 5.92 Å². The lowest BCUT2D eigenvalue weighted by Gasteiger charge is -2.44. The molecular weight excluding hydrogens is 323 g/mol. The first kappa shape index (κ1) is 17.2. The van der Waals surface area contributed by atoms with Crippen LogP contribution >= 0.6 is 0 Å². The summed E-state index contributed by atoms with van der Waals surface area (Å²) in [6.45, 7) is 0.541. The van der Waals surface area contributed by atoms with E-state index in [1.165, 1.54) is 18.2 Å². The molecule has 1 amide bonds. The molecule has 1 heterocycles. The Morgan fingerprint density at radius 2 is 1.88 bits per heavy atom. The van der Waals surface area contributed by atoms with Crippen molar-refractivity contribution in [1.29, 1.82) is 0 Å². The molecule has 1 saturated heterocycles. The van der Waals surface area contributed by atoms with Crippen LogP contribution < -0.4 is 5.32 Å². The van der Waals surface area contributed by atoms with E-state index in [-0.39, 0.29) is 38.9 Å². The van der Waals surface area contributed by atoms with Crippen LogP contribution in [-0.2, 0) is 15.1 Å². The Hall–Kier alpha value is -1.60. The summed E-state index contributed by atoms with van der Waals surface area (Å²) in [6.07, 6.45) is 0.767. The van der Waals surface area contributed by atoms with Gasteiger partial charge in [-0.15, -0.1) is 0 Å². The van der Waals surface area contributed by atoms with Crippen molar-refractivity contribution in [3.63, 3.8) is 0 Å². The topological polar surface area (TPSA) is 58.6 Å². The molecule has 2 aliphatic rings. The second-order valence-electron chi connectivity index (χ2n) is 6.62. The SMILES string of the molecule is O=C(NC1(c2cccc(F)c2)CCOCC1)C(F)(F)C1(O)CCC1. The first-order valence-corrected chi connectivity index (χ1v) is 8.06. The quantitative estimate of drug-likeness (QED) is 0.883. The number of alkyl halides is 2. The van der Waals surface area contributed by atoms with Crippen LogP contribution in [0.2, 0.25) is 0 Å². The van der Waals surface area contributed by atoms with Crippen molar-refractivity contribution < 1.29 is 27.8 Å². The fourth-order valence-corrected chi connectivity index (χ4v) is 3.32.